The summed E-state index contributed by atoms with van der Waals surface area (Å²) in [4.78, 5) is 3.91. The third-order valence-corrected chi connectivity index (χ3v) is 0.726. The van der Waals surface area contributed by atoms with E-state index in [1.54, 1.807) is 6.20 Å². The van der Waals surface area contributed by atoms with Gasteiger partial charge in [-0.25, -0.2) is 0 Å². The molecule has 0 aliphatic heterocycles. The van der Waals surface area contributed by atoms with Gasteiger partial charge in [0.1, 0.15) is 0 Å². The monoisotopic (exact) mass is 94.1 g/mol. The zero-order valence-corrected chi connectivity index (χ0v) is 3.96. The van der Waals surface area contributed by atoms with Gasteiger partial charge in [0.05, 0.1) is 0 Å². The lowest BCUT2D eigenvalue weighted by molar-refractivity contribution is 1.20. The first-order valence-corrected chi connectivity index (χ1v) is 2.12. The van der Waals surface area contributed by atoms with Crippen LogP contribution in [0.25, 0.3) is 0 Å². The fourth-order valence-corrected chi connectivity index (χ4v) is 0.398. The quantitative estimate of drug-likeness (QED) is 0.473. The highest BCUT2D eigenvalue weighted by Crippen LogP contribution is 1.85. The Hall–Kier alpha value is -0.850. The Morgan fingerprint density at radius 2 is 2.71 bits per heavy atom. The number of hydrogen-bond donors (Lipinski definition) is 0. The van der Waals surface area contributed by atoms with Crippen LogP contribution >= 0.6 is 0 Å². The van der Waals surface area contributed by atoms with Gasteiger partial charge in [0.2, 0.25) is 0 Å². The minimum absolute atomic E-state index is 0.279. The second kappa shape index (κ2) is 1.73. The van der Waals surface area contributed by atoms with Gasteiger partial charge in [-0.2, -0.15) is 0 Å². The zero-order valence-electron chi connectivity index (χ0n) is 4.96. The molecule has 0 spiro atoms. The third-order valence-electron chi connectivity index (χ3n) is 0.726. The molecule has 1 nitrogen and oxygen atoms in total. The zero-order chi connectivity index (χ0) is 5.82. The summed E-state index contributed by atoms with van der Waals surface area (Å²) >= 11 is 0. The van der Waals surface area contributed by atoms with Crippen LogP contribution in [0.3, 0.4) is 0 Å². The van der Waals surface area contributed by atoms with E-state index in [9.17, 15) is 0 Å². The van der Waals surface area contributed by atoms with Crippen molar-refractivity contribution >= 4 is 0 Å². The molecule has 0 aliphatic carbocycles. The minimum atomic E-state index is 0.279. The van der Waals surface area contributed by atoms with E-state index in [2.05, 4.69) is 4.98 Å². The summed E-state index contributed by atoms with van der Waals surface area (Å²) in [5.41, 5.74) is 0.826. The van der Waals surface area contributed by atoms with Gasteiger partial charge in [-0.15, -0.1) is 0 Å². The lowest BCUT2D eigenvalue weighted by Gasteiger charge is -1.82. The molecular weight excluding hydrogens is 86.1 g/mol. The average molecular weight is 94.1 g/mol. The summed E-state index contributed by atoms with van der Waals surface area (Å²) in [5, 5.41) is 0. The SMILES string of the molecule is [2H]Cc1ccccn1. The van der Waals surface area contributed by atoms with E-state index in [0.717, 1.165) is 5.69 Å². The maximum Gasteiger partial charge on any atom is 0.0372 e. The molecular formula is C6H7N. The molecule has 7 heavy (non-hydrogen) atoms. The van der Waals surface area contributed by atoms with Gasteiger partial charge < -0.3 is 0 Å². The van der Waals surface area contributed by atoms with E-state index in [1.165, 1.54) is 0 Å². The highest BCUT2D eigenvalue weighted by Gasteiger charge is 1.73. The van der Waals surface area contributed by atoms with Crippen LogP contribution in [0, 0.1) is 6.90 Å². The number of aryl methyl sites for hydroxylation is 1. The molecule has 0 unspecified atom stereocenters. The van der Waals surface area contributed by atoms with Crippen LogP contribution in [0.15, 0.2) is 24.4 Å². The summed E-state index contributed by atoms with van der Waals surface area (Å²) in [6.45, 7) is 0.279. The first kappa shape index (κ1) is 3.19. The van der Waals surface area contributed by atoms with Crippen LogP contribution in [0.1, 0.15) is 7.06 Å². The van der Waals surface area contributed by atoms with Crippen molar-refractivity contribution in [3.63, 3.8) is 0 Å². The van der Waals surface area contributed by atoms with Crippen molar-refractivity contribution in [1.29, 1.82) is 0 Å². The van der Waals surface area contributed by atoms with Gasteiger partial charge >= 0.3 is 0 Å². The van der Waals surface area contributed by atoms with Crippen molar-refractivity contribution in [1.82, 2.24) is 4.98 Å². The fraction of sp³-hybridized carbons (Fsp3) is 0.167. The van der Waals surface area contributed by atoms with E-state index in [4.69, 9.17) is 1.37 Å². The molecule has 0 bridgehead atoms. The Morgan fingerprint density at radius 1 is 1.71 bits per heavy atom. The molecule has 1 heteroatoms. The first-order valence-electron chi connectivity index (χ1n) is 2.83. The van der Waals surface area contributed by atoms with E-state index in [1.807, 2.05) is 18.2 Å². The second-order valence-electron chi connectivity index (χ2n) is 1.32. The van der Waals surface area contributed by atoms with Crippen molar-refractivity contribution in [2.75, 3.05) is 0 Å². The Morgan fingerprint density at radius 3 is 3.14 bits per heavy atom. The normalized spacial score (nSPS) is 10.6. The molecule has 0 fully saturated rings. The Kier molecular flexibility index (Phi) is 0.791. The van der Waals surface area contributed by atoms with Gasteiger partial charge in [0, 0.05) is 13.3 Å². The summed E-state index contributed by atoms with van der Waals surface area (Å²) in [7, 11) is 0. The molecule has 1 aromatic rings. The summed E-state index contributed by atoms with van der Waals surface area (Å²) in [6.07, 6.45) is 1.70. The fourth-order valence-electron chi connectivity index (χ4n) is 0.398. The van der Waals surface area contributed by atoms with Crippen LogP contribution in [0.2, 0.25) is 0 Å². The third kappa shape index (κ3) is 1.000. The molecule has 0 radical (unpaired) electrons. The molecule has 0 atom stereocenters. The topological polar surface area (TPSA) is 12.9 Å². The molecule has 1 heterocycles. The number of nitrogens with zero attached hydrogens (tertiary/aromatic N) is 1. The smallest absolute Gasteiger partial charge is 0.0372 e. The van der Waals surface area contributed by atoms with Crippen LogP contribution in [-0.2, 0) is 0 Å². The van der Waals surface area contributed by atoms with Gasteiger partial charge in [0.15, 0.2) is 0 Å². The maximum atomic E-state index is 6.88. The molecule has 0 aromatic carbocycles. The van der Waals surface area contributed by atoms with Crippen molar-refractivity contribution in [2.24, 2.45) is 0 Å². The Balaban J connectivity index is 2.83. The maximum absolute atomic E-state index is 6.88. The van der Waals surface area contributed by atoms with Crippen molar-refractivity contribution < 1.29 is 1.37 Å². The van der Waals surface area contributed by atoms with Gasteiger partial charge in [-0.1, -0.05) is 6.07 Å². The summed E-state index contributed by atoms with van der Waals surface area (Å²) in [6, 6.07) is 5.57. The highest BCUT2D eigenvalue weighted by atomic mass is 14.6. The molecule has 36 valence electrons. The van der Waals surface area contributed by atoms with Gasteiger partial charge in [-0.3, -0.25) is 4.98 Å². The van der Waals surface area contributed by atoms with E-state index < -0.39 is 0 Å². The molecule has 0 saturated carbocycles. The predicted molar refractivity (Wildman–Crippen MR) is 29.0 cm³/mol. The lowest BCUT2D eigenvalue weighted by atomic mass is 10.4. The summed E-state index contributed by atoms with van der Waals surface area (Å²) < 4.78 is 6.88. The van der Waals surface area contributed by atoms with E-state index in [-0.39, 0.29) is 6.90 Å². The van der Waals surface area contributed by atoms with Gasteiger partial charge in [0.25, 0.3) is 0 Å². The van der Waals surface area contributed by atoms with E-state index in [0.29, 0.717) is 0 Å². The number of hydrogen-bond acceptors (Lipinski definition) is 1. The standard InChI is InChI=1S/C6H7N/c1-6-4-2-3-5-7-6/h2-5H,1H3/i1D. The van der Waals surface area contributed by atoms with Crippen molar-refractivity contribution in [2.45, 2.75) is 6.90 Å². The average Bonchev–Trinajstić information content (AvgIpc) is 1.90. The predicted octanol–water partition coefficient (Wildman–Crippen LogP) is 1.39. The first-order chi connectivity index (χ1) is 3.93. The van der Waals surface area contributed by atoms with Crippen molar-refractivity contribution in [3.05, 3.63) is 30.1 Å². The molecule has 0 N–H and O–H groups in total. The Bertz CT molecular complexity index is 150. The molecule has 0 amide bonds. The van der Waals surface area contributed by atoms with Crippen LogP contribution in [0.4, 0.5) is 0 Å². The Labute approximate surface area is 44.4 Å². The van der Waals surface area contributed by atoms with E-state index >= 15 is 0 Å². The van der Waals surface area contributed by atoms with Crippen molar-refractivity contribution in [3.8, 4) is 0 Å². The van der Waals surface area contributed by atoms with Crippen LogP contribution < -0.4 is 0 Å². The molecule has 0 saturated heterocycles. The molecule has 0 aliphatic rings. The van der Waals surface area contributed by atoms with Crippen LogP contribution in [0.5, 0.6) is 0 Å². The summed E-state index contributed by atoms with van der Waals surface area (Å²) in [5.74, 6) is 0. The second-order valence-corrected chi connectivity index (χ2v) is 1.32. The lowest BCUT2D eigenvalue weighted by Crippen LogP contribution is -1.72. The molecule has 1 aromatic heterocycles. The highest BCUT2D eigenvalue weighted by molar-refractivity contribution is 4.99. The number of pyridine rings is 1. The van der Waals surface area contributed by atoms with Gasteiger partial charge in [-0.05, 0) is 19.0 Å². The molecule has 1 rings (SSSR count). The number of aromatic nitrogens is 1. The minimum Gasteiger partial charge on any atom is -0.262 e. The van der Waals surface area contributed by atoms with Crippen LogP contribution in [-0.4, -0.2) is 4.98 Å². The number of rotatable bonds is 0. The largest absolute Gasteiger partial charge is 0.262 e.